The molecule has 2 atom stereocenters. The molecule has 0 heterocycles. The number of anilines is 1. The van der Waals surface area contributed by atoms with Crippen molar-refractivity contribution in [3.63, 3.8) is 0 Å². The summed E-state index contributed by atoms with van der Waals surface area (Å²) < 4.78 is 4.96. The van der Waals surface area contributed by atoms with Crippen LogP contribution in [0.15, 0.2) is 24.3 Å². The van der Waals surface area contributed by atoms with Gasteiger partial charge in [0.05, 0.1) is 12.8 Å². The Balaban J connectivity index is 2.78. The predicted octanol–water partition coefficient (Wildman–Crippen LogP) is -0.560. The molecule has 0 aliphatic rings. The van der Waals surface area contributed by atoms with E-state index in [9.17, 15) is 14.7 Å². The number of carboxylic acids is 1. The zero-order valence-electron chi connectivity index (χ0n) is 9.53. The van der Waals surface area contributed by atoms with E-state index in [1.807, 2.05) is 0 Å². The molecule has 1 amide bonds. The molecule has 4 N–H and O–H groups in total. The number of rotatable bonds is 5. The smallest absolute Gasteiger partial charge is 0.335 e. The largest absolute Gasteiger partial charge is 0.495 e. The molecule has 18 heavy (non-hydrogen) atoms. The average Bonchev–Trinajstić information content (AvgIpc) is 2.37. The molecule has 0 aromatic heterocycles. The van der Waals surface area contributed by atoms with E-state index in [0.29, 0.717) is 5.75 Å². The van der Waals surface area contributed by atoms with Gasteiger partial charge in [0.25, 0.3) is 5.91 Å². The number of benzene rings is 1. The maximum Gasteiger partial charge on any atom is 0.335 e. The maximum absolute atomic E-state index is 11.5. The number of amides is 1. The van der Waals surface area contributed by atoms with E-state index in [-0.39, 0.29) is 5.69 Å². The zero-order chi connectivity index (χ0) is 13.7. The second-order valence-electron chi connectivity index (χ2n) is 3.42. The van der Waals surface area contributed by atoms with Crippen molar-refractivity contribution in [2.75, 3.05) is 12.4 Å². The highest BCUT2D eigenvalue weighted by atomic mass is 16.5. The van der Waals surface area contributed by atoms with E-state index in [1.54, 1.807) is 18.2 Å². The highest BCUT2D eigenvalue weighted by Crippen LogP contribution is 2.23. The van der Waals surface area contributed by atoms with E-state index >= 15 is 0 Å². The lowest BCUT2D eigenvalue weighted by Crippen LogP contribution is -2.42. The first-order valence-corrected chi connectivity index (χ1v) is 5.00. The van der Waals surface area contributed by atoms with Crippen LogP contribution in [0.4, 0.5) is 5.69 Å². The molecule has 0 aliphatic carbocycles. The third-order valence-corrected chi connectivity index (χ3v) is 2.19. The van der Waals surface area contributed by atoms with Crippen molar-refractivity contribution in [2.24, 2.45) is 0 Å². The Morgan fingerprint density at radius 1 is 1.22 bits per heavy atom. The molecule has 7 nitrogen and oxygen atoms in total. The number of carbonyl (C=O) groups excluding carboxylic acids is 1. The fourth-order valence-corrected chi connectivity index (χ4v) is 1.23. The second kappa shape index (κ2) is 5.99. The fourth-order valence-electron chi connectivity index (χ4n) is 1.23. The number of aliphatic hydroxyl groups excluding tert-OH is 2. The van der Waals surface area contributed by atoms with Crippen molar-refractivity contribution < 1.29 is 29.6 Å². The molecule has 0 fully saturated rings. The van der Waals surface area contributed by atoms with Crippen molar-refractivity contribution in [1.29, 1.82) is 0 Å². The van der Waals surface area contributed by atoms with E-state index in [4.69, 9.17) is 14.9 Å². The number of carbonyl (C=O) groups is 2. The number of aliphatic hydroxyl groups is 2. The summed E-state index contributed by atoms with van der Waals surface area (Å²) in [5.74, 6) is -2.37. The third-order valence-electron chi connectivity index (χ3n) is 2.19. The number of para-hydroxylation sites is 2. The lowest BCUT2D eigenvalue weighted by atomic mass is 10.2. The third kappa shape index (κ3) is 3.19. The molecule has 0 saturated carbocycles. The molecular formula is C11H13NO6. The summed E-state index contributed by atoms with van der Waals surface area (Å²) >= 11 is 0. The van der Waals surface area contributed by atoms with Crippen molar-refractivity contribution in [3.05, 3.63) is 24.3 Å². The highest BCUT2D eigenvalue weighted by molar-refractivity contribution is 5.98. The molecule has 0 saturated heterocycles. The van der Waals surface area contributed by atoms with E-state index in [1.165, 1.54) is 13.2 Å². The van der Waals surface area contributed by atoms with Crippen LogP contribution in [0.25, 0.3) is 0 Å². The Morgan fingerprint density at radius 2 is 1.83 bits per heavy atom. The van der Waals surface area contributed by atoms with Crippen molar-refractivity contribution in [3.8, 4) is 5.75 Å². The second-order valence-corrected chi connectivity index (χ2v) is 3.42. The number of methoxy groups -OCH3 is 1. The Kier molecular flexibility index (Phi) is 4.64. The van der Waals surface area contributed by atoms with Gasteiger partial charge in [-0.1, -0.05) is 12.1 Å². The van der Waals surface area contributed by atoms with Gasteiger partial charge in [0.15, 0.2) is 12.2 Å². The summed E-state index contributed by atoms with van der Waals surface area (Å²) in [4.78, 5) is 21.9. The quantitative estimate of drug-likeness (QED) is 0.560. The summed E-state index contributed by atoms with van der Waals surface area (Å²) in [6, 6.07) is 6.39. The minimum absolute atomic E-state index is 0.265. The van der Waals surface area contributed by atoms with Gasteiger partial charge in [-0.15, -0.1) is 0 Å². The van der Waals surface area contributed by atoms with Gasteiger partial charge in [0, 0.05) is 0 Å². The van der Waals surface area contributed by atoms with Gasteiger partial charge < -0.3 is 25.4 Å². The Bertz CT molecular complexity index is 447. The number of aliphatic carboxylic acids is 1. The summed E-state index contributed by atoms with van der Waals surface area (Å²) in [7, 11) is 1.40. The standard InChI is InChI=1S/C11H13NO6/c1-18-7-5-3-2-4-6(7)12-10(15)8(13)9(14)11(16)17/h2-5,8-9,13-14H,1H3,(H,12,15)(H,16,17)/t8-,9-/m0/s1. The van der Waals surface area contributed by atoms with Gasteiger partial charge in [0.2, 0.25) is 0 Å². The molecule has 98 valence electrons. The lowest BCUT2D eigenvalue weighted by molar-refractivity contribution is -0.156. The molecular weight excluding hydrogens is 242 g/mol. The number of nitrogens with one attached hydrogen (secondary N) is 1. The fraction of sp³-hybridized carbons (Fsp3) is 0.273. The molecule has 7 heteroatoms. The van der Waals surface area contributed by atoms with Crippen molar-refractivity contribution in [1.82, 2.24) is 0 Å². The first-order chi connectivity index (χ1) is 8.47. The minimum atomic E-state index is -2.18. The van der Waals surface area contributed by atoms with E-state index in [0.717, 1.165) is 0 Å². The summed E-state index contributed by atoms with van der Waals surface area (Å²) in [5.41, 5.74) is 0.265. The van der Waals surface area contributed by atoms with Gasteiger partial charge >= 0.3 is 5.97 Å². The van der Waals surface area contributed by atoms with Gasteiger partial charge in [-0.3, -0.25) is 4.79 Å². The molecule has 0 spiro atoms. The monoisotopic (exact) mass is 255 g/mol. The Hall–Kier alpha value is -2.12. The first kappa shape index (κ1) is 13.9. The normalized spacial score (nSPS) is 13.5. The zero-order valence-corrected chi connectivity index (χ0v) is 9.53. The van der Waals surface area contributed by atoms with Crippen molar-refractivity contribution in [2.45, 2.75) is 12.2 Å². The van der Waals surface area contributed by atoms with Crippen molar-refractivity contribution >= 4 is 17.6 Å². The molecule has 0 radical (unpaired) electrons. The highest BCUT2D eigenvalue weighted by Gasteiger charge is 2.30. The molecule has 1 aromatic carbocycles. The molecule has 1 aromatic rings. The molecule has 0 bridgehead atoms. The lowest BCUT2D eigenvalue weighted by Gasteiger charge is -2.15. The number of hydrogen-bond acceptors (Lipinski definition) is 5. The molecule has 0 unspecified atom stereocenters. The van der Waals surface area contributed by atoms with E-state index in [2.05, 4.69) is 5.32 Å². The van der Waals surface area contributed by atoms with Crippen LogP contribution in [0.1, 0.15) is 0 Å². The van der Waals surface area contributed by atoms with Crippen LogP contribution in [0.3, 0.4) is 0 Å². The topological polar surface area (TPSA) is 116 Å². The van der Waals surface area contributed by atoms with Crippen LogP contribution in [-0.2, 0) is 9.59 Å². The Morgan fingerprint density at radius 3 is 2.39 bits per heavy atom. The maximum atomic E-state index is 11.5. The van der Waals surface area contributed by atoms with Crippen LogP contribution in [-0.4, -0.2) is 46.5 Å². The van der Waals surface area contributed by atoms with Crippen LogP contribution < -0.4 is 10.1 Å². The summed E-state index contributed by atoms with van der Waals surface area (Å²) in [5, 5.41) is 29.0. The Labute approximate surface area is 103 Å². The molecule has 1 rings (SSSR count). The van der Waals surface area contributed by atoms with E-state index < -0.39 is 24.1 Å². The van der Waals surface area contributed by atoms with Gasteiger partial charge in [-0.25, -0.2) is 4.79 Å². The van der Waals surface area contributed by atoms with Gasteiger partial charge in [-0.05, 0) is 12.1 Å². The minimum Gasteiger partial charge on any atom is -0.495 e. The van der Waals surface area contributed by atoms with Crippen LogP contribution >= 0.6 is 0 Å². The summed E-state index contributed by atoms with van der Waals surface area (Å²) in [6.45, 7) is 0. The van der Waals surface area contributed by atoms with Crippen LogP contribution in [0.2, 0.25) is 0 Å². The molecule has 0 aliphatic heterocycles. The SMILES string of the molecule is COc1ccccc1NC(=O)[C@@H](O)[C@H](O)C(=O)O. The van der Waals surface area contributed by atoms with Crippen LogP contribution in [0.5, 0.6) is 5.75 Å². The van der Waals surface area contributed by atoms with Gasteiger partial charge in [-0.2, -0.15) is 0 Å². The first-order valence-electron chi connectivity index (χ1n) is 5.00. The number of carboxylic acid groups (broad SMARTS) is 1. The van der Waals surface area contributed by atoms with Crippen LogP contribution in [0, 0.1) is 0 Å². The van der Waals surface area contributed by atoms with Gasteiger partial charge in [0.1, 0.15) is 5.75 Å². The number of hydrogen-bond donors (Lipinski definition) is 4. The predicted molar refractivity (Wildman–Crippen MR) is 61.3 cm³/mol. The average molecular weight is 255 g/mol. The number of ether oxygens (including phenoxy) is 1. The summed E-state index contributed by atoms with van der Waals surface area (Å²) in [6.07, 6.45) is -4.24.